The number of benzene rings is 9. The summed E-state index contributed by atoms with van der Waals surface area (Å²) in [6.07, 6.45) is 0. The van der Waals surface area contributed by atoms with E-state index in [1.54, 1.807) is 0 Å². The first kappa shape index (κ1) is 31.1. The van der Waals surface area contributed by atoms with E-state index >= 15 is 0 Å². The summed E-state index contributed by atoms with van der Waals surface area (Å²) in [5.41, 5.74) is 9.00. The molecule has 0 fully saturated rings. The molecule has 0 saturated carbocycles. The average molecular weight is 702 g/mol. The van der Waals surface area contributed by atoms with Gasteiger partial charge in [0.2, 0.25) is 0 Å². The van der Waals surface area contributed by atoms with Crippen LogP contribution >= 0.6 is 0 Å². The van der Waals surface area contributed by atoms with E-state index in [1.165, 1.54) is 27.1 Å². The minimum Gasteiger partial charge on any atom is -0.455 e. The predicted octanol–water partition coefficient (Wildman–Crippen LogP) is 13.6. The largest absolute Gasteiger partial charge is 0.455 e. The molecule has 4 nitrogen and oxygen atoms in total. The van der Waals surface area contributed by atoms with Crippen LogP contribution in [0.25, 0.3) is 111 Å². The summed E-state index contributed by atoms with van der Waals surface area (Å²) in [7, 11) is 0. The average Bonchev–Trinajstić information content (AvgIpc) is 3.66. The second kappa shape index (κ2) is 12.6. The van der Waals surface area contributed by atoms with Crippen LogP contribution in [0.3, 0.4) is 0 Å². The van der Waals surface area contributed by atoms with E-state index in [9.17, 15) is 0 Å². The quantitative estimate of drug-likeness (QED) is 0.168. The van der Waals surface area contributed by atoms with Crippen molar-refractivity contribution >= 4 is 54.3 Å². The molecule has 0 radical (unpaired) electrons. The van der Waals surface area contributed by atoms with Crippen LogP contribution in [-0.2, 0) is 0 Å². The number of hydrogen-bond acceptors (Lipinski definition) is 4. The van der Waals surface area contributed by atoms with Crippen LogP contribution in [0.4, 0.5) is 0 Å². The molecular formula is C51H31N3O. The van der Waals surface area contributed by atoms with Gasteiger partial charge in [0, 0.05) is 32.8 Å². The first-order valence-electron chi connectivity index (χ1n) is 18.5. The summed E-state index contributed by atoms with van der Waals surface area (Å²) in [6, 6.07) is 65.6. The number of aromatic nitrogens is 3. The minimum atomic E-state index is 0.614. The van der Waals surface area contributed by atoms with Gasteiger partial charge in [-0.3, -0.25) is 0 Å². The van der Waals surface area contributed by atoms with Gasteiger partial charge in [-0.05, 0) is 67.4 Å². The van der Waals surface area contributed by atoms with Gasteiger partial charge in [-0.2, -0.15) is 0 Å². The van der Waals surface area contributed by atoms with Crippen LogP contribution < -0.4 is 0 Å². The zero-order valence-electron chi connectivity index (χ0n) is 29.6. The van der Waals surface area contributed by atoms with E-state index in [-0.39, 0.29) is 0 Å². The van der Waals surface area contributed by atoms with E-state index in [2.05, 4.69) is 146 Å². The van der Waals surface area contributed by atoms with Crippen molar-refractivity contribution < 1.29 is 4.42 Å². The summed E-state index contributed by atoms with van der Waals surface area (Å²) in [5.74, 6) is 1.87. The molecule has 0 saturated heterocycles. The van der Waals surface area contributed by atoms with Crippen LogP contribution in [0, 0.1) is 0 Å². The molecule has 4 heteroatoms. The SMILES string of the molecule is c1ccc(-c2ccc(-c3nc(-c4ccccc4)nc(-c4cccc(-c5cc6c7ccccc7c7ccccc7c6c6oc7ccccc7c56)c4)n3)cc2)cc1. The second-order valence-corrected chi connectivity index (χ2v) is 13.9. The number of rotatable bonds is 5. The van der Waals surface area contributed by atoms with E-state index < -0.39 is 0 Å². The van der Waals surface area contributed by atoms with Crippen molar-refractivity contribution in [3.05, 3.63) is 188 Å². The summed E-state index contributed by atoms with van der Waals surface area (Å²) in [5, 5.41) is 9.31. The molecular weight excluding hydrogens is 671 g/mol. The molecule has 0 aliphatic heterocycles. The third-order valence-corrected chi connectivity index (χ3v) is 10.7. The van der Waals surface area contributed by atoms with Gasteiger partial charge in [0.05, 0.1) is 0 Å². The van der Waals surface area contributed by atoms with E-state index in [1.807, 2.05) is 42.5 Å². The fourth-order valence-corrected chi connectivity index (χ4v) is 8.11. The van der Waals surface area contributed by atoms with Crippen molar-refractivity contribution in [3.63, 3.8) is 0 Å². The van der Waals surface area contributed by atoms with Crippen molar-refractivity contribution in [3.8, 4) is 56.4 Å². The van der Waals surface area contributed by atoms with Gasteiger partial charge >= 0.3 is 0 Å². The molecule has 11 rings (SSSR count). The number of fused-ring (bicyclic) bond motifs is 10. The van der Waals surface area contributed by atoms with Crippen LogP contribution in [0.15, 0.2) is 192 Å². The summed E-state index contributed by atoms with van der Waals surface area (Å²) >= 11 is 0. The lowest BCUT2D eigenvalue weighted by Crippen LogP contribution is -2.00. The Hall–Kier alpha value is -7.43. The molecule has 9 aromatic carbocycles. The highest BCUT2D eigenvalue weighted by Crippen LogP contribution is 2.46. The highest BCUT2D eigenvalue weighted by atomic mass is 16.3. The van der Waals surface area contributed by atoms with Gasteiger partial charge in [-0.25, -0.2) is 15.0 Å². The Balaban J connectivity index is 1.13. The molecule has 0 aliphatic rings. The number of furan rings is 1. The first-order valence-corrected chi connectivity index (χ1v) is 18.5. The maximum absolute atomic E-state index is 6.83. The highest BCUT2D eigenvalue weighted by molar-refractivity contribution is 6.34. The summed E-state index contributed by atoms with van der Waals surface area (Å²) in [6.45, 7) is 0. The van der Waals surface area contributed by atoms with Gasteiger partial charge in [0.15, 0.2) is 17.5 Å². The molecule has 0 bridgehead atoms. The fourth-order valence-electron chi connectivity index (χ4n) is 8.11. The molecule has 0 atom stereocenters. The maximum Gasteiger partial charge on any atom is 0.164 e. The van der Waals surface area contributed by atoms with Gasteiger partial charge in [0.1, 0.15) is 11.2 Å². The Bertz CT molecular complexity index is 3240. The molecule has 2 aromatic heterocycles. The smallest absolute Gasteiger partial charge is 0.164 e. The minimum absolute atomic E-state index is 0.614. The van der Waals surface area contributed by atoms with Crippen molar-refractivity contribution in [2.24, 2.45) is 0 Å². The standard InChI is InChI=1S/C51H31N3O/c1-3-14-32(15-4-1)33-26-28-35(29-27-33)50-52-49(34-16-5-2-6-17-34)53-51(54-50)37-19-13-18-36(30-37)43-31-44-40-22-8-7-20-38(40)39-21-9-10-23-41(39)46(44)48-47(43)42-24-11-12-25-45(42)55-48/h1-31H. The monoisotopic (exact) mass is 701 g/mol. The second-order valence-electron chi connectivity index (χ2n) is 13.9. The topological polar surface area (TPSA) is 51.8 Å². The molecule has 0 aliphatic carbocycles. The zero-order valence-corrected chi connectivity index (χ0v) is 29.6. The molecule has 0 N–H and O–H groups in total. The van der Waals surface area contributed by atoms with E-state index in [4.69, 9.17) is 19.4 Å². The lowest BCUT2D eigenvalue weighted by molar-refractivity contribution is 0.673. The lowest BCUT2D eigenvalue weighted by atomic mass is 9.89. The Labute approximate surface area is 317 Å². The molecule has 0 amide bonds. The van der Waals surface area contributed by atoms with Crippen LogP contribution in [0.2, 0.25) is 0 Å². The normalized spacial score (nSPS) is 11.6. The van der Waals surface area contributed by atoms with Gasteiger partial charge in [0.25, 0.3) is 0 Å². The van der Waals surface area contributed by atoms with Crippen molar-refractivity contribution in [1.82, 2.24) is 15.0 Å². The zero-order chi connectivity index (χ0) is 36.3. The van der Waals surface area contributed by atoms with E-state index in [0.717, 1.165) is 66.1 Å². The molecule has 0 spiro atoms. The van der Waals surface area contributed by atoms with Crippen LogP contribution in [0.5, 0.6) is 0 Å². The summed E-state index contributed by atoms with van der Waals surface area (Å²) < 4.78 is 6.83. The van der Waals surface area contributed by atoms with E-state index in [0.29, 0.717) is 17.5 Å². The van der Waals surface area contributed by atoms with Crippen molar-refractivity contribution in [2.75, 3.05) is 0 Å². The highest BCUT2D eigenvalue weighted by Gasteiger charge is 2.21. The van der Waals surface area contributed by atoms with Gasteiger partial charge in [-0.15, -0.1) is 0 Å². The van der Waals surface area contributed by atoms with Gasteiger partial charge in [-0.1, -0.05) is 170 Å². The fraction of sp³-hybridized carbons (Fsp3) is 0. The maximum atomic E-state index is 6.83. The first-order chi connectivity index (χ1) is 27.3. The third-order valence-electron chi connectivity index (χ3n) is 10.7. The van der Waals surface area contributed by atoms with Crippen LogP contribution in [-0.4, -0.2) is 15.0 Å². The third kappa shape index (κ3) is 5.19. The number of nitrogens with zero attached hydrogens (tertiary/aromatic N) is 3. The Morgan fingerprint density at radius 2 is 0.745 bits per heavy atom. The van der Waals surface area contributed by atoms with Crippen molar-refractivity contribution in [1.29, 1.82) is 0 Å². The lowest BCUT2D eigenvalue weighted by Gasteiger charge is -2.14. The van der Waals surface area contributed by atoms with Gasteiger partial charge < -0.3 is 4.42 Å². The predicted molar refractivity (Wildman–Crippen MR) is 227 cm³/mol. The molecule has 0 unspecified atom stereocenters. The molecule has 2 heterocycles. The molecule has 256 valence electrons. The number of hydrogen-bond donors (Lipinski definition) is 0. The Kier molecular flexibility index (Phi) is 7.14. The Morgan fingerprint density at radius 3 is 1.44 bits per heavy atom. The molecule has 11 aromatic rings. The Morgan fingerprint density at radius 1 is 0.291 bits per heavy atom. The number of para-hydroxylation sites is 1. The molecule has 55 heavy (non-hydrogen) atoms. The van der Waals surface area contributed by atoms with Crippen molar-refractivity contribution in [2.45, 2.75) is 0 Å². The van der Waals surface area contributed by atoms with Crippen LogP contribution in [0.1, 0.15) is 0 Å². The summed E-state index contributed by atoms with van der Waals surface area (Å²) in [4.78, 5) is 15.2.